The van der Waals surface area contributed by atoms with Gasteiger partial charge in [-0.3, -0.25) is 9.59 Å². The summed E-state index contributed by atoms with van der Waals surface area (Å²) in [5, 5.41) is 14.5. The van der Waals surface area contributed by atoms with Gasteiger partial charge in [0, 0.05) is 12.7 Å². The number of benzene rings is 2. The maximum atomic E-state index is 13.8. The largest absolute Gasteiger partial charge is 0.342 e. The molecular formula is C23H26FN5O2S. The van der Waals surface area contributed by atoms with Crippen LogP contribution in [-0.2, 0) is 11.8 Å². The molecule has 0 spiro atoms. The molecule has 1 heterocycles. The lowest BCUT2D eigenvalue weighted by molar-refractivity contribution is -0.113. The van der Waals surface area contributed by atoms with Gasteiger partial charge in [0.1, 0.15) is 5.82 Å². The van der Waals surface area contributed by atoms with Crippen LogP contribution < -0.4 is 10.6 Å². The number of aryl methyl sites for hydroxylation is 3. The predicted molar refractivity (Wildman–Crippen MR) is 123 cm³/mol. The minimum absolute atomic E-state index is 0.0329. The molecule has 9 heteroatoms. The summed E-state index contributed by atoms with van der Waals surface area (Å²) in [6.45, 7) is 7.70. The van der Waals surface area contributed by atoms with Gasteiger partial charge in [0.05, 0.1) is 17.4 Å². The minimum Gasteiger partial charge on any atom is -0.342 e. The van der Waals surface area contributed by atoms with Gasteiger partial charge >= 0.3 is 0 Å². The van der Waals surface area contributed by atoms with Gasteiger partial charge in [0.25, 0.3) is 5.91 Å². The van der Waals surface area contributed by atoms with Gasteiger partial charge in [-0.05, 0) is 51.0 Å². The first-order chi connectivity index (χ1) is 15.2. The van der Waals surface area contributed by atoms with E-state index >= 15 is 0 Å². The SMILES string of the molecule is Cc1cc(C)c(NC(=O)CSc2nnc([C@@H](C)NC(=O)c3ccccc3F)n2C)c(C)c1. The quantitative estimate of drug-likeness (QED) is 0.524. The summed E-state index contributed by atoms with van der Waals surface area (Å²) in [5.74, 6) is -0.597. The fraction of sp³-hybridized carbons (Fsp3) is 0.304. The fourth-order valence-electron chi connectivity index (χ4n) is 3.50. The number of nitrogens with zero attached hydrogens (tertiary/aromatic N) is 3. The molecule has 2 amide bonds. The Hall–Kier alpha value is -3.20. The van der Waals surface area contributed by atoms with Crippen molar-refractivity contribution in [2.24, 2.45) is 7.05 Å². The minimum atomic E-state index is -0.587. The number of amides is 2. The average molecular weight is 456 g/mol. The molecule has 1 atom stereocenters. The Labute approximate surface area is 190 Å². The van der Waals surface area contributed by atoms with Crippen molar-refractivity contribution in [1.29, 1.82) is 0 Å². The highest BCUT2D eigenvalue weighted by Crippen LogP contribution is 2.24. The number of halogens is 1. The molecule has 32 heavy (non-hydrogen) atoms. The van der Waals surface area contributed by atoms with E-state index in [-0.39, 0.29) is 17.2 Å². The summed E-state index contributed by atoms with van der Waals surface area (Å²) in [7, 11) is 1.76. The van der Waals surface area contributed by atoms with Gasteiger partial charge in [-0.15, -0.1) is 10.2 Å². The number of carbonyl (C=O) groups excluding carboxylic acids is 2. The standard InChI is InChI=1S/C23H26FN5O2S/c1-13-10-14(2)20(15(3)11-13)26-19(30)12-32-23-28-27-21(29(23)5)16(4)25-22(31)17-8-6-7-9-18(17)24/h6-11,16H,12H2,1-5H3,(H,25,31)(H,26,30)/t16-/m1/s1. The molecule has 0 unspecified atom stereocenters. The van der Waals surface area contributed by atoms with Crippen LogP contribution in [-0.4, -0.2) is 32.3 Å². The lowest BCUT2D eigenvalue weighted by Crippen LogP contribution is -2.29. The third-order valence-electron chi connectivity index (χ3n) is 5.00. The number of hydrogen-bond donors (Lipinski definition) is 2. The highest BCUT2D eigenvalue weighted by atomic mass is 32.2. The molecule has 0 bridgehead atoms. The first kappa shape index (κ1) is 23.5. The molecule has 3 aromatic rings. The molecule has 2 aromatic carbocycles. The predicted octanol–water partition coefficient (Wildman–Crippen LogP) is 4.10. The first-order valence-corrected chi connectivity index (χ1v) is 11.1. The van der Waals surface area contributed by atoms with Crippen molar-refractivity contribution < 1.29 is 14.0 Å². The van der Waals surface area contributed by atoms with Crippen LogP contribution in [0.3, 0.4) is 0 Å². The molecule has 0 aliphatic rings. The van der Waals surface area contributed by atoms with Crippen molar-refractivity contribution in [3.8, 4) is 0 Å². The van der Waals surface area contributed by atoms with E-state index in [1.165, 1.54) is 30.0 Å². The second kappa shape index (κ2) is 9.95. The number of anilines is 1. The van der Waals surface area contributed by atoms with Gasteiger partial charge in [0.15, 0.2) is 11.0 Å². The van der Waals surface area contributed by atoms with Crippen molar-refractivity contribution in [3.05, 3.63) is 70.3 Å². The van der Waals surface area contributed by atoms with Crippen LogP contribution in [0.15, 0.2) is 41.6 Å². The Morgan fingerprint density at radius 2 is 1.78 bits per heavy atom. The van der Waals surface area contributed by atoms with E-state index in [1.54, 1.807) is 24.6 Å². The number of aromatic nitrogens is 3. The van der Waals surface area contributed by atoms with Gasteiger partial charge in [0.2, 0.25) is 5.91 Å². The molecular weight excluding hydrogens is 429 g/mol. The highest BCUT2D eigenvalue weighted by molar-refractivity contribution is 7.99. The lowest BCUT2D eigenvalue weighted by atomic mass is 10.1. The third-order valence-corrected chi connectivity index (χ3v) is 6.02. The molecule has 0 fully saturated rings. The van der Waals surface area contributed by atoms with Crippen LogP contribution in [0, 0.1) is 26.6 Å². The second-order valence-corrected chi connectivity index (χ2v) is 8.63. The zero-order valence-electron chi connectivity index (χ0n) is 18.7. The highest BCUT2D eigenvalue weighted by Gasteiger charge is 2.20. The molecule has 3 rings (SSSR count). The first-order valence-electron chi connectivity index (χ1n) is 10.1. The van der Waals surface area contributed by atoms with Crippen molar-refractivity contribution in [2.45, 2.75) is 38.9 Å². The smallest absolute Gasteiger partial charge is 0.254 e. The Bertz CT molecular complexity index is 1140. The van der Waals surface area contributed by atoms with Crippen LogP contribution in [0.4, 0.5) is 10.1 Å². The summed E-state index contributed by atoms with van der Waals surface area (Å²) < 4.78 is 15.6. The Balaban J connectivity index is 1.61. The van der Waals surface area contributed by atoms with E-state index in [0.717, 1.165) is 22.4 Å². The Kier molecular flexibility index (Phi) is 7.29. The molecule has 0 aliphatic carbocycles. The second-order valence-electron chi connectivity index (χ2n) is 7.69. The van der Waals surface area contributed by atoms with Gasteiger partial charge in [-0.1, -0.05) is 41.6 Å². The number of nitrogens with one attached hydrogen (secondary N) is 2. The Morgan fingerprint density at radius 1 is 1.12 bits per heavy atom. The molecule has 0 saturated heterocycles. The molecule has 2 N–H and O–H groups in total. The molecule has 0 radical (unpaired) electrons. The van der Waals surface area contributed by atoms with E-state index in [9.17, 15) is 14.0 Å². The molecule has 0 saturated carbocycles. The summed E-state index contributed by atoms with van der Waals surface area (Å²) in [5.41, 5.74) is 3.97. The monoisotopic (exact) mass is 455 g/mol. The van der Waals surface area contributed by atoms with Gasteiger partial charge in [-0.25, -0.2) is 4.39 Å². The topological polar surface area (TPSA) is 88.9 Å². The van der Waals surface area contributed by atoms with Crippen LogP contribution in [0.1, 0.15) is 45.8 Å². The zero-order valence-corrected chi connectivity index (χ0v) is 19.5. The summed E-state index contributed by atoms with van der Waals surface area (Å²) >= 11 is 1.25. The normalized spacial score (nSPS) is 11.8. The van der Waals surface area contributed by atoms with Crippen LogP contribution in [0.25, 0.3) is 0 Å². The van der Waals surface area contributed by atoms with Gasteiger partial charge in [-0.2, -0.15) is 0 Å². The number of rotatable bonds is 7. The van der Waals surface area contributed by atoms with Crippen molar-refractivity contribution in [1.82, 2.24) is 20.1 Å². The van der Waals surface area contributed by atoms with E-state index < -0.39 is 17.8 Å². The van der Waals surface area contributed by atoms with E-state index in [2.05, 4.69) is 20.8 Å². The van der Waals surface area contributed by atoms with Crippen molar-refractivity contribution in [2.75, 3.05) is 11.1 Å². The maximum Gasteiger partial charge on any atom is 0.254 e. The Morgan fingerprint density at radius 3 is 2.44 bits per heavy atom. The molecule has 7 nitrogen and oxygen atoms in total. The average Bonchev–Trinajstić information content (AvgIpc) is 3.09. The van der Waals surface area contributed by atoms with E-state index in [4.69, 9.17) is 0 Å². The van der Waals surface area contributed by atoms with Crippen molar-refractivity contribution in [3.63, 3.8) is 0 Å². The summed E-state index contributed by atoms with van der Waals surface area (Å²) in [6.07, 6.45) is 0. The van der Waals surface area contributed by atoms with E-state index in [0.29, 0.717) is 11.0 Å². The molecule has 1 aromatic heterocycles. The lowest BCUT2D eigenvalue weighted by Gasteiger charge is -2.14. The number of carbonyl (C=O) groups is 2. The molecule has 168 valence electrons. The summed E-state index contributed by atoms with van der Waals surface area (Å²) in [6, 6.07) is 9.35. The number of hydrogen-bond acceptors (Lipinski definition) is 5. The van der Waals surface area contributed by atoms with E-state index in [1.807, 2.05) is 32.9 Å². The summed E-state index contributed by atoms with van der Waals surface area (Å²) in [4.78, 5) is 24.8. The van der Waals surface area contributed by atoms with Crippen LogP contribution in [0.5, 0.6) is 0 Å². The third kappa shape index (κ3) is 5.34. The maximum absolute atomic E-state index is 13.8. The van der Waals surface area contributed by atoms with Crippen LogP contribution >= 0.6 is 11.8 Å². The van der Waals surface area contributed by atoms with Crippen LogP contribution in [0.2, 0.25) is 0 Å². The van der Waals surface area contributed by atoms with Gasteiger partial charge < -0.3 is 15.2 Å². The molecule has 0 aliphatic heterocycles. The zero-order chi connectivity index (χ0) is 23.4. The van der Waals surface area contributed by atoms with Crippen molar-refractivity contribution >= 4 is 29.3 Å². The number of thioether (sulfide) groups is 1. The fourth-order valence-corrected chi connectivity index (χ4v) is 4.21.